The largest absolute Gasteiger partial charge is 0.326 e. The zero-order valence-corrected chi connectivity index (χ0v) is 15.2. The first kappa shape index (κ1) is 17.2. The van der Waals surface area contributed by atoms with E-state index in [0.717, 1.165) is 16.8 Å². The van der Waals surface area contributed by atoms with E-state index >= 15 is 0 Å². The molecule has 7 nitrogen and oxygen atoms in total. The highest BCUT2D eigenvalue weighted by atomic mass is 35.5. The van der Waals surface area contributed by atoms with Crippen molar-refractivity contribution in [2.45, 2.75) is 19.4 Å². The lowest BCUT2D eigenvalue weighted by atomic mass is 10.1. The molecular weight excluding hydrogens is 366 g/mol. The standard InChI is InChI=1S/C19H16ClN5O2/c1-11-4-2-3-5-14(11)21-16(26)10-15-18(27)23-19-22-17(24-25(15)19)12-6-8-13(20)9-7-12/h2-9,15H,10H2,1H3,(H,21,26)(H,22,23,24,27)/t15-/m1/s1. The van der Waals surface area contributed by atoms with Crippen molar-refractivity contribution >= 4 is 35.1 Å². The summed E-state index contributed by atoms with van der Waals surface area (Å²) in [5.41, 5.74) is 2.45. The fraction of sp³-hybridized carbons (Fsp3) is 0.158. The Morgan fingerprint density at radius 1 is 1.22 bits per heavy atom. The van der Waals surface area contributed by atoms with E-state index in [1.54, 1.807) is 24.3 Å². The van der Waals surface area contributed by atoms with Gasteiger partial charge in [-0.1, -0.05) is 29.8 Å². The Balaban J connectivity index is 1.53. The molecule has 2 amide bonds. The van der Waals surface area contributed by atoms with Crippen molar-refractivity contribution < 1.29 is 9.59 Å². The van der Waals surface area contributed by atoms with Gasteiger partial charge in [-0.25, -0.2) is 4.68 Å². The summed E-state index contributed by atoms with van der Waals surface area (Å²) in [4.78, 5) is 29.0. The monoisotopic (exact) mass is 381 g/mol. The molecule has 0 aliphatic carbocycles. The van der Waals surface area contributed by atoms with Gasteiger partial charge in [0.05, 0.1) is 6.42 Å². The molecule has 1 aromatic heterocycles. The maximum absolute atomic E-state index is 12.4. The lowest BCUT2D eigenvalue weighted by Crippen LogP contribution is -2.24. The molecule has 4 rings (SSSR count). The second kappa shape index (κ2) is 6.85. The van der Waals surface area contributed by atoms with E-state index in [1.165, 1.54) is 4.68 Å². The summed E-state index contributed by atoms with van der Waals surface area (Å²) in [5.74, 6) is 0.234. The molecule has 2 heterocycles. The van der Waals surface area contributed by atoms with Crippen molar-refractivity contribution in [2.24, 2.45) is 0 Å². The molecule has 3 aromatic rings. The SMILES string of the molecule is Cc1ccccc1NC(=O)C[C@@H]1C(=O)Nc2nc(-c3ccc(Cl)cc3)nn21. The molecule has 1 atom stereocenters. The van der Waals surface area contributed by atoms with Crippen LogP contribution < -0.4 is 10.6 Å². The number of amides is 2. The van der Waals surface area contributed by atoms with E-state index in [-0.39, 0.29) is 18.2 Å². The summed E-state index contributed by atoms with van der Waals surface area (Å²) in [6.45, 7) is 1.91. The number of nitrogens with zero attached hydrogens (tertiary/aromatic N) is 3. The number of rotatable bonds is 4. The molecule has 0 radical (unpaired) electrons. The van der Waals surface area contributed by atoms with Gasteiger partial charge in [-0.2, -0.15) is 4.98 Å². The maximum Gasteiger partial charge on any atom is 0.252 e. The predicted molar refractivity (Wildman–Crippen MR) is 103 cm³/mol. The summed E-state index contributed by atoms with van der Waals surface area (Å²) in [7, 11) is 0. The Labute approximate surface area is 160 Å². The number of fused-ring (bicyclic) bond motifs is 1. The van der Waals surface area contributed by atoms with Gasteiger partial charge in [0.1, 0.15) is 6.04 Å². The molecule has 0 saturated heterocycles. The lowest BCUT2D eigenvalue weighted by Gasteiger charge is -2.11. The molecule has 0 saturated carbocycles. The minimum absolute atomic E-state index is 0.0312. The number of nitrogens with one attached hydrogen (secondary N) is 2. The third-order valence-electron chi connectivity index (χ3n) is 4.36. The van der Waals surface area contributed by atoms with E-state index in [0.29, 0.717) is 16.8 Å². The van der Waals surface area contributed by atoms with Crippen LogP contribution >= 0.6 is 11.6 Å². The summed E-state index contributed by atoms with van der Waals surface area (Å²) in [6, 6.07) is 13.8. The maximum atomic E-state index is 12.4. The first-order chi connectivity index (χ1) is 13.0. The van der Waals surface area contributed by atoms with Gasteiger partial charge in [0.25, 0.3) is 5.91 Å². The Hall–Kier alpha value is -3.19. The molecule has 0 fully saturated rings. The molecule has 0 spiro atoms. The van der Waals surface area contributed by atoms with Gasteiger partial charge in [-0.15, -0.1) is 5.10 Å². The Morgan fingerprint density at radius 3 is 2.70 bits per heavy atom. The molecule has 2 aromatic carbocycles. The van der Waals surface area contributed by atoms with E-state index in [4.69, 9.17) is 11.6 Å². The average Bonchev–Trinajstić information content (AvgIpc) is 3.17. The molecular formula is C19H16ClN5O2. The number of benzene rings is 2. The quantitative estimate of drug-likeness (QED) is 0.724. The number of anilines is 2. The van der Waals surface area contributed by atoms with E-state index in [9.17, 15) is 9.59 Å². The predicted octanol–water partition coefficient (Wildman–Crippen LogP) is 3.43. The molecule has 136 valence electrons. The van der Waals surface area contributed by atoms with Crippen LogP contribution in [0, 0.1) is 6.92 Å². The van der Waals surface area contributed by atoms with Crippen molar-refractivity contribution in [1.29, 1.82) is 0 Å². The van der Waals surface area contributed by atoms with E-state index in [2.05, 4.69) is 20.7 Å². The minimum Gasteiger partial charge on any atom is -0.326 e. The second-order valence-electron chi connectivity index (χ2n) is 6.28. The minimum atomic E-state index is -0.738. The first-order valence-corrected chi connectivity index (χ1v) is 8.78. The number of para-hydroxylation sites is 1. The van der Waals surface area contributed by atoms with Crippen LogP contribution in [0.25, 0.3) is 11.4 Å². The molecule has 0 bridgehead atoms. The zero-order chi connectivity index (χ0) is 19.0. The van der Waals surface area contributed by atoms with E-state index in [1.807, 2.05) is 31.2 Å². The Kier molecular flexibility index (Phi) is 4.37. The Bertz CT molecular complexity index is 1030. The number of aryl methyl sites for hydroxylation is 1. The number of halogens is 1. The highest BCUT2D eigenvalue weighted by molar-refractivity contribution is 6.30. The third-order valence-corrected chi connectivity index (χ3v) is 4.62. The van der Waals surface area contributed by atoms with Crippen LogP contribution in [0.5, 0.6) is 0 Å². The normalized spacial score (nSPS) is 15.3. The van der Waals surface area contributed by atoms with Gasteiger partial charge in [0.2, 0.25) is 11.9 Å². The molecule has 1 aliphatic heterocycles. The van der Waals surface area contributed by atoms with Crippen molar-refractivity contribution in [2.75, 3.05) is 10.6 Å². The number of hydrogen-bond donors (Lipinski definition) is 2. The van der Waals surface area contributed by atoms with Gasteiger partial charge in [0, 0.05) is 16.3 Å². The summed E-state index contributed by atoms with van der Waals surface area (Å²) >= 11 is 5.90. The van der Waals surface area contributed by atoms with Gasteiger partial charge >= 0.3 is 0 Å². The smallest absolute Gasteiger partial charge is 0.252 e. The number of carbonyl (C=O) groups excluding carboxylic acids is 2. The van der Waals surface area contributed by atoms with Crippen LogP contribution in [-0.2, 0) is 9.59 Å². The van der Waals surface area contributed by atoms with Crippen LogP contribution in [0.4, 0.5) is 11.6 Å². The van der Waals surface area contributed by atoms with Crippen LogP contribution in [0.15, 0.2) is 48.5 Å². The van der Waals surface area contributed by atoms with Crippen LogP contribution in [-0.4, -0.2) is 26.6 Å². The first-order valence-electron chi connectivity index (χ1n) is 8.40. The molecule has 0 unspecified atom stereocenters. The second-order valence-corrected chi connectivity index (χ2v) is 6.72. The van der Waals surface area contributed by atoms with Crippen molar-refractivity contribution in [3.8, 4) is 11.4 Å². The summed E-state index contributed by atoms with van der Waals surface area (Å²) in [5, 5.41) is 10.5. The molecule has 8 heteroatoms. The zero-order valence-electron chi connectivity index (χ0n) is 14.4. The number of hydrogen-bond acceptors (Lipinski definition) is 4. The van der Waals surface area contributed by atoms with Crippen LogP contribution in [0.2, 0.25) is 5.02 Å². The third kappa shape index (κ3) is 3.41. The fourth-order valence-electron chi connectivity index (χ4n) is 2.92. The number of aromatic nitrogens is 3. The fourth-order valence-corrected chi connectivity index (χ4v) is 3.05. The van der Waals surface area contributed by atoms with Crippen molar-refractivity contribution in [1.82, 2.24) is 14.8 Å². The average molecular weight is 382 g/mol. The van der Waals surface area contributed by atoms with Gasteiger partial charge in [-0.05, 0) is 42.8 Å². The summed E-state index contributed by atoms with van der Waals surface area (Å²) in [6.07, 6.45) is -0.0312. The topological polar surface area (TPSA) is 88.9 Å². The van der Waals surface area contributed by atoms with Crippen LogP contribution in [0.3, 0.4) is 0 Å². The van der Waals surface area contributed by atoms with Gasteiger partial charge in [0.15, 0.2) is 5.82 Å². The summed E-state index contributed by atoms with van der Waals surface area (Å²) < 4.78 is 1.46. The van der Waals surface area contributed by atoms with Crippen molar-refractivity contribution in [3.63, 3.8) is 0 Å². The van der Waals surface area contributed by atoms with E-state index < -0.39 is 6.04 Å². The Morgan fingerprint density at radius 2 is 1.96 bits per heavy atom. The van der Waals surface area contributed by atoms with Gasteiger partial charge < -0.3 is 5.32 Å². The number of carbonyl (C=O) groups is 2. The van der Waals surface area contributed by atoms with Crippen molar-refractivity contribution in [3.05, 3.63) is 59.1 Å². The molecule has 1 aliphatic rings. The van der Waals surface area contributed by atoms with Crippen LogP contribution in [0.1, 0.15) is 18.0 Å². The lowest BCUT2D eigenvalue weighted by molar-refractivity contribution is -0.123. The highest BCUT2D eigenvalue weighted by Gasteiger charge is 2.35. The van der Waals surface area contributed by atoms with Gasteiger partial charge in [-0.3, -0.25) is 14.9 Å². The molecule has 2 N–H and O–H groups in total. The molecule has 27 heavy (non-hydrogen) atoms. The highest BCUT2D eigenvalue weighted by Crippen LogP contribution is 2.29.